The number of nitrogens with zero attached hydrogens (tertiary/aromatic N) is 1. The first-order valence-corrected chi connectivity index (χ1v) is 8.74. The van der Waals surface area contributed by atoms with Crippen LogP contribution in [0.3, 0.4) is 0 Å². The third kappa shape index (κ3) is 6.77. The standard InChI is InChI=1S/C18H28ClNO3/c1-14(11-15-3-5-16(19)6-4-15)20(2)12-17(21)13-23-18-7-9-22-10-8-18/h3-6,14,17-18,21H,7-13H2,1-2H3. The van der Waals surface area contributed by atoms with Crippen molar-refractivity contribution in [2.45, 2.75) is 44.4 Å². The van der Waals surface area contributed by atoms with Crippen LogP contribution < -0.4 is 0 Å². The fraction of sp³-hybridized carbons (Fsp3) is 0.667. The van der Waals surface area contributed by atoms with Crippen molar-refractivity contribution in [1.82, 2.24) is 4.90 Å². The molecule has 0 aromatic heterocycles. The Morgan fingerprint density at radius 3 is 2.61 bits per heavy atom. The van der Waals surface area contributed by atoms with Crippen LogP contribution in [0.1, 0.15) is 25.3 Å². The van der Waals surface area contributed by atoms with Crippen molar-refractivity contribution in [3.63, 3.8) is 0 Å². The fourth-order valence-corrected chi connectivity index (χ4v) is 2.90. The van der Waals surface area contributed by atoms with Crippen molar-refractivity contribution in [2.75, 3.05) is 33.4 Å². The monoisotopic (exact) mass is 341 g/mol. The molecular formula is C18H28ClNO3. The molecule has 1 aromatic carbocycles. The summed E-state index contributed by atoms with van der Waals surface area (Å²) < 4.78 is 11.1. The van der Waals surface area contributed by atoms with E-state index in [0.717, 1.165) is 37.5 Å². The summed E-state index contributed by atoms with van der Waals surface area (Å²) in [5.74, 6) is 0. The van der Waals surface area contributed by atoms with Crippen molar-refractivity contribution in [3.05, 3.63) is 34.9 Å². The Bertz CT molecular complexity index is 448. The SMILES string of the molecule is CC(Cc1ccc(Cl)cc1)N(C)CC(O)COC1CCOCC1. The maximum absolute atomic E-state index is 10.2. The number of likely N-dealkylation sites (N-methyl/N-ethyl adjacent to an activating group) is 1. The van der Waals surface area contributed by atoms with E-state index in [2.05, 4.69) is 24.0 Å². The first-order valence-electron chi connectivity index (χ1n) is 8.36. The minimum Gasteiger partial charge on any atom is -0.389 e. The van der Waals surface area contributed by atoms with Gasteiger partial charge in [-0.3, -0.25) is 0 Å². The molecule has 1 aromatic rings. The molecule has 0 bridgehead atoms. The van der Waals surface area contributed by atoms with E-state index in [1.807, 2.05) is 19.2 Å². The minimum atomic E-state index is -0.462. The Hall–Kier alpha value is -0.650. The van der Waals surface area contributed by atoms with E-state index in [1.54, 1.807) is 0 Å². The van der Waals surface area contributed by atoms with Crippen LogP contribution >= 0.6 is 11.6 Å². The highest BCUT2D eigenvalue weighted by Gasteiger charge is 2.18. The third-order valence-electron chi connectivity index (χ3n) is 4.39. The lowest BCUT2D eigenvalue weighted by Gasteiger charge is -2.28. The first kappa shape index (κ1) is 18.7. The highest BCUT2D eigenvalue weighted by molar-refractivity contribution is 6.30. The van der Waals surface area contributed by atoms with Gasteiger partial charge < -0.3 is 19.5 Å². The second-order valence-electron chi connectivity index (χ2n) is 6.42. The molecule has 0 aliphatic carbocycles. The van der Waals surface area contributed by atoms with Crippen molar-refractivity contribution in [1.29, 1.82) is 0 Å². The molecule has 1 heterocycles. The second kappa shape index (κ2) is 9.60. The van der Waals surface area contributed by atoms with Gasteiger partial charge in [-0.05, 0) is 50.9 Å². The van der Waals surface area contributed by atoms with E-state index < -0.39 is 6.10 Å². The summed E-state index contributed by atoms with van der Waals surface area (Å²) in [5, 5.41) is 10.9. The van der Waals surface area contributed by atoms with E-state index in [1.165, 1.54) is 5.56 Å². The lowest BCUT2D eigenvalue weighted by atomic mass is 10.1. The quantitative estimate of drug-likeness (QED) is 0.789. The first-order chi connectivity index (χ1) is 11.0. The molecule has 1 aliphatic heterocycles. The molecule has 0 amide bonds. The molecule has 2 rings (SSSR count). The highest BCUT2D eigenvalue weighted by Crippen LogP contribution is 2.14. The molecule has 1 saturated heterocycles. The zero-order valence-corrected chi connectivity index (χ0v) is 14.8. The van der Waals surface area contributed by atoms with Gasteiger partial charge in [0, 0.05) is 30.8 Å². The van der Waals surface area contributed by atoms with Gasteiger partial charge in [0.15, 0.2) is 0 Å². The van der Waals surface area contributed by atoms with Crippen LogP contribution in [0.5, 0.6) is 0 Å². The average molecular weight is 342 g/mol. The van der Waals surface area contributed by atoms with E-state index in [9.17, 15) is 5.11 Å². The number of benzene rings is 1. The lowest BCUT2D eigenvalue weighted by molar-refractivity contribution is -0.0643. The van der Waals surface area contributed by atoms with Gasteiger partial charge in [0.05, 0.1) is 18.8 Å². The van der Waals surface area contributed by atoms with E-state index in [0.29, 0.717) is 19.2 Å². The summed E-state index contributed by atoms with van der Waals surface area (Å²) in [6, 6.07) is 8.28. The molecule has 0 saturated carbocycles. The van der Waals surface area contributed by atoms with Gasteiger partial charge in [-0.15, -0.1) is 0 Å². The third-order valence-corrected chi connectivity index (χ3v) is 4.64. The normalized spacial score (nSPS) is 19.0. The number of hydrogen-bond donors (Lipinski definition) is 1. The van der Waals surface area contributed by atoms with Gasteiger partial charge in [-0.25, -0.2) is 0 Å². The number of hydrogen-bond acceptors (Lipinski definition) is 4. The molecule has 4 nitrogen and oxygen atoms in total. The summed E-state index contributed by atoms with van der Waals surface area (Å²) in [6.07, 6.45) is 2.55. The predicted molar refractivity (Wildman–Crippen MR) is 93.0 cm³/mol. The zero-order chi connectivity index (χ0) is 16.7. The molecular weight excluding hydrogens is 314 g/mol. The van der Waals surface area contributed by atoms with Crippen molar-refractivity contribution < 1.29 is 14.6 Å². The number of aliphatic hydroxyl groups excluding tert-OH is 1. The molecule has 1 N–H and O–H groups in total. The second-order valence-corrected chi connectivity index (χ2v) is 6.85. The van der Waals surface area contributed by atoms with Crippen LogP contribution in [0, 0.1) is 0 Å². The van der Waals surface area contributed by atoms with Gasteiger partial charge in [-0.2, -0.15) is 0 Å². The average Bonchev–Trinajstić information content (AvgIpc) is 2.56. The molecule has 1 fully saturated rings. The van der Waals surface area contributed by atoms with Gasteiger partial charge in [0.1, 0.15) is 0 Å². The van der Waals surface area contributed by atoms with Gasteiger partial charge in [0.25, 0.3) is 0 Å². The summed E-state index contributed by atoms with van der Waals surface area (Å²) in [6.45, 7) is 4.69. The highest BCUT2D eigenvalue weighted by atomic mass is 35.5. The van der Waals surface area contributed by atoms with E-state index in [4.69, 9.17) is 21.1 Å². The topological polar surface area (TPSA) is 41.9 Å². The van der Waals surface area contributed by atoms with Crippen molar-refractivity contribution in [3.8, 4) is 0 Å². The molecule has 0 spiro atoms. The van der Waals surface area contributed by atoms with E-state index in [-0.39, 0.29) is 6.10 Å². The minimum absolute atomic E-state index is 0.232. The lowest BCUT2D eigenvalue weighted by Crippen LogP contribution is -2.39. The van der Waals surface area contributed by atoms with E-state index >= 15 is 0 Å². The Kier molecular flexibility index (Phi) is 7.80. The maximum atomic E-state index is 10.2. The van der Waals surface area contributed by atoms with Crippen LogP contribution in [-0.2, 0) is 15.9 Å². The van der Waals surface area contributed by atoms with Crippen molar-refractivity contribution >= 4 is 11.6 Å². The number of ether oxygens (including phenoxy) is 2. The molecule has 0 radical (unpaired) electrons. The van der Waals surface area contributed by atoms with Crippen LogP contribution in [-0.4, -0.2) is 61.7 Å². The smallest absolute Gasteiger partial charge is 0.0900 e. The van der Waals surface area contributed by atoms with Gasteiger partial charge >= 0.3 is 0 Å². The molecule has 23 heavy (non-hydrogen) atoms. The van der Waals surface area contributed by atoms with Crippen LogP contribution in [0.25, 0.3) is 0 Å². The summed E-state index contributed by atoms with van der Waals surface area (Å²) in [5.41, 5.74) is 1.25. The molecule has 130 valence electrons. The maximum Gasteiger partial charge on any atom is 0.0900 e. The summed E-state index contributed by atoms with van der Waals surface area (Å²) in [7, 11) is 2.04. The number of rotatable bonds is 8. The Morgan fingerprint density at radius 1 is 1.30 bits per heavy atom. The number of halogens is 1. The summed E-state index contributed by atoms with van der Waals surface area (Å²) in [4.78, 5) is 2.17. The van der Waals surface area contributed by atoms with Crippen LogP contribution in [0.4, 0.5) is 0 Å². The molecule has 1 aliphatic rings. The zero-order valence-electron chi connectivity index (χ0n) is 14.1. The van der Waals surface area contributed by atoms with Crippen LogP contribution in [0.15, 0.2) is 24.3 Å². The molecule has 2 unspecified atom stereocenters. The largest absolute Gasteiger partial charge is 0.389 e. The Morgan fingerprint density at radius 2 is 1.96 bits per heavy atom. The summed E-state index contributed by atoms with van der Waals surface area (Å²) >= 11 is 5.91. The van der Waals surface area contributed by atoms with Gasteiger partial charge in [0.2, 0.25) is 0 Å². The Balaban J connectivity index is 1.69. The molecule has 5 heteroatoms. The Labute approximate surface area is 144 Å². The van der Waals surface area contributed by atoms with Gasteiger partial charge in [-0.1, -0.05) is 23.7 Å². The fourth-order valence-electron chi connectivity index (χ4n) is 2.77. The number of aliphatic hydroxyl groups is 1. The van der Waals surface area contributed by atoms with Crippen molar-refractivity contribution in [2.24, 2.45) is 0 Å². The molecule has 2 atom stereocenters. The predicted octanol–water partition coefficient (Wildman–Crippen LogP) is 2.76. The van der Waals surface area contributed by atoms with Crippen LogP contribution in [0.2, 0.25) is 5.02 Å².